The summed E-state index contributed by atoms with van der Waals surface area (Å²) in [6.07, 6.45) is -0.910. The fourth-order valence-corrected chi connectivity index (χ4v) is 1.27. The second-order valence-corrected chi connectivity index (χ2v) is 3.37. The highest BCUT2D eigenvalue weighted by atomic mass is 19.1. The molecule has 1 amide bonds. The van der Waals surface area contributed by atoms with Gasteiger partial charge in [-0.25, -0.2) is 13.6 Å². The van der Waals surface area contributed by atoms with Crippen LogP contribution in [0, 0.1) is 23.0 Å². The molecular formula is C11H11F2N3O2. The Morgan fingerprint density at radius 1 is 1.44 bits per heavy atom. The molecule has 7 heteroatoms. The predicted molar refractivity (Wildman–Crippen MR) is 58.3 cm³/mol. The molecule has 0 aliphatic heterocycles. The van der Waals surface area contributed by atoms with Crippen molar-refractivity contribution < 1.29 is 18.3 Å². The average Bonchev–Trinajstić information content (AvgIpc) is 2.31. The number of ether oxygens (including phenoxy) is 1. The molecule has 96 valence electrons. The molecule has 0 atom stereocenters. The summed E-state index contributed by atoms with van der Waals surface area (Å²) in [4.78, 5) is 10.2. The van der Waals surface area contributed by atoms with Gasteiger partial charge in [-0.15, -0.1) is 0 Å². The van der Waals surface area contributed by atoms with E-state index in [-0.39, 0.29) is 30.8 Å². The van der Waals surface area contributed by atoms with E-state index in [1.54, 1.807) is 6.07 Å². The van der Waals surface area contributed by atoms with E-state index in [0.29, 0.717) is 0 Å². The fourth-order valence-electron chi connectivity index (χ4n) is 1.27. The predicted octanol–water partition coefficient (Wildman–Crippen LogP) is 1.02. The molecule has 1 aromatic rings. The molecule has 0 radical (unpaired) electrons. The second-order valence-electron chi connectivity index (χ2n) is 3.37. The maximum atomic E-state index is 13.4. The number of hydrogen-bond acceptors (Lipinski definition) is 4. The summed E-state index contributed by atoms with van der Waals surface area (Å²) >= 11 is 0. The van der Waals surface area contributed by atoms with E-state index in [1.807, 2.05) is 0 Å². The number of carbonyl (C=O) groups is 1. The van der Waals surface area contributed by atoms with Crippen molar-refractivity contribution in [1.29, 1.82) is 5.26 Å². The van der Waals surface area contributed by atoms with E-state index in [4.69, 9.17) is 11.0 Å². The molecule has 5 nitrogen and oxygen atoms in total. The van der Waals surface area contributed by atoms with Gasteiger partial charge in [0, 0.05) is 18.7 Å². The quantitative estimate of drug-likeness (QED) is 0.769. The number of carbonyl (C=O) groups excluding carboxylic acids is 1. The lowest BCUT2D eigenvalue weighted by atomic mass is 10.1. The summed E-state index contributed by atoms with van der Waals surface area (Å²) in [5.41, 5.74) is 4.48. The van der Waals surface area contributed by atoms with Crippen LogP contribution in [0.25, 0.3) is 0 Å². The first-order chi connectivity index (χ1) is 8.54. The van der Waals surface area contributed by atoms with E-state index < -0.39 is 17.7 Å². The standard InChI is InChI=1S/C11H11F2N3O2/c12-9-3-7(5-14)4-10(13)8(9)6-16-1-2-18-11(15)17/h3-4,16H,1-2,6H2,(H2,15,17). The summed E-state index contributed by atoms with van der Waals surface area (Å²) in [5, 5.41) is 11.2. The van der Waals surface area contributed by atoms with Crippen LogP contribution in [0.3, 0.4) is 0 Å². The van der Waals surface area contributed by atoms with Crippen LogP contribution in [-0.2, 0) is 11.3 Å². The third-order valence-corrected chi connectivity index (χ3v) is 2.10. The Morgan fingerprint density at radius 2 is 2.06 bits per heavy atom. The van der Waals surface area contributed by atoms with Gasteiger partial charge < -0.3 is 15.8 Å². The van der Waals surface area contributed by atoms with E-state index >= 15 is 0 Å². The van der Waals surface area contributed by atoms with Crippen molar-refractivity contribution in [2.24, 2.45) is 5.73 Å². The molecular weight excluding hydrogens is 244 g/mol. The highest BCUT2D eigenvalue weighted by Crippen LogP contribution is 2.14. The number of benzene rings is 1. The Morgan fingerprint density at radius 3 is 2.56 bits per heavy atom. The first-order valence-corrected chi connectivity index (χ1v) is 5.05. The molecule has 1 rings (SSSR count). The third kappa shape index (κ3) is 3.99. The Kier molecular flexibility index (Phi) is 5.02. The topological polar surface area (TPSA) is 88.1 Å². The van der Waals surface area contributed by atoms with Crippen molar-refractivity contribution in [1.82, 2.24) is 5.32 Å². The first-order valence-electron chi connectivity index (χ1n) is 5.05. The lowest BCUT2D eigenvalue weighted by Crippen LogP contribution is -2.24. The number of nitrogens with zero attached hydrogens (tertiary/aromatic N) is 1. The minimum absolute atomic E-state index is 0.00878. The largest absolute Gasteiger partial charge is 0.448 e. The van der Waals surface area contributed by atoms with Crippen molar-refractivity contribution in [3.63, 3.8) is 0 Å². The zero-order valence-electron chi connectivity index (χ0n) is 9.37. The molecule has 3 N–H and O–H groups in total. The van der Waals surface area contributed by atoms with Crippen LogP contribution in [0.4, 0.5) is 13.6 Å². The Bertz CT molecular complexity index is 463. The normalized spacial score (nSPS) is 9.83. The summed E-state index contributed by atoms with van der Waals surface area (Å²) in [5.74, 6) is -1.59. The molecule has 0 unspecified atom stereocenters. The SMILES string of the molecule is N#Cc1cc(F)c(CNCCOC(N)=O)c(F)c1. The molecule has 0 heterocycles. The molecule has 0 bridgehead atoms. The van der Waals surface area contributed by atoms with Gasteiger partial charge in [-0.2, -0.15) is 5.26 Å². The summed E-state index contributed by atoms with van der Waals surface area (Å²) in [7, 11) is 0. The molecule has 0 fully saturated rings. The van der Waals surface area contributed by atoms with Crippen LogP contribution >= 0.6 is 0 Å². The lowest BCUT2D eigenvalue weighted by molar-refractivity contribution is 0.157. The summed E-state index contributed by atoms with van der Waals surface area (Å²) < 4.78 is 31.2. The van der Waals surface area contributed by atoms with Gasteiger partial charge in [-0.1, -0.05) is 0 Å². The second kappa shape index (κ2) is 6.51. The van der Waals surface area contributed by atoms with Gasteiger partial charge in [-0.3, -0.25) is 0 Å². The van der Waals surface area contributed by atoms with Crippen molar-refractivity contribution in [3.05, 3.63) is 34.9 Å². The fraction of sp³-hybridized carbons (Fsp3) is 0.273. The van der Waals surface area contributed by atoms with Gasteiger partial charge in [-0.05, 0) is 12.1 Å². The van der Waals surface area contributed by atoms with Crippen molar-refractivity contribution in [3.8, 4) is 6.07 Å². The number of nitrogens with two attached hydrogens (primary N) is 1. The Labute approximate surface area is 102 Å². The van der Waals surface area contributed by atoms with E-state index in [9.17, 15) is 13.6 Å². The molecule has 0 saturated carbocycles. The maximum Gasteiger partial charge on any atom is 0.404 e. The van der Waals surface area contributed by atoms with E-state index in [2.05, 4.69) is 10.1 Å². The number of amides is 1. The lowest BCUT2D eigenvalue weighted by Gasteiger charge is -2.07. The first kappa shape index (κ1) is 13.9. The summed E-state index contributed by atoms with van der Waals surface area (Å²) in [6, 6.07) is 3.57. The zero-order chi connectivity index (χ0) is 13.5. The maximum absolute atomic E-state index is 13.4. The Hall–Kier alpha value is -2.20. The third-order valence-electron chi connectivity index (χ3n) is 2.10. The van der Waals surface area contributed by atoms with Gasteiger partial charge >= 0.3 is 6.09 Å². The van der Waals surface area contributed by atoms with Crippen LogP contribution in [0.15, 0.2) is 12.1 Å². The van der Waals surface area contributed by atoms with Crippen LogP contribution in [0.1, 0.15) is 11.1 Å². The number of hydrogen-bond donors (Lipinski definition) is 2. The van der Waals surface area contributed by atoms with E-state index in [1.165, 1.54) is 0 Å². The molecule has 0 aromatic heterocycles. The van der Waals surface area contributed by atoms with Gasteiger partial charge in [0.2, 0.25) is 0 Å². The van der Waals surface area contributed by atoms with Crippen LogP contribution in [0.5, 0.6) is 0 Å². The smallest absolute Gasteiger partial charge is 0.404 e. The minimum atomic E-state index is -0.910. The highest BCUT2D eigenvalue weighted by molar-refractivity contribution is 5.64. The number of halogens is 2. The molecule has 0 saturated heterocycles. The molecule has 0 spiro atoms. The van der Waals surface area contributed by atoms with Gasteiger partial charge in [0.25, 0.3) is 0 Å². The average molecular weight is 255 g/mol. The molecule has 0 aliphatic rings. The van der Waals surface area contributed by atoms with Crippen molar-refractivity contribution in [2.75, 3.05) is 13.2 Å². The van der Waals surface area contributed by atoms with Crippen LogP contribution < -0.4 is 11.1 Å². The molecule has 1 aromatic carbocycles. The van der Waals surface area contributed by atoms with E-state index in [0.717, 1.165) is 12.1 Å². The molecule has 0 aliphatic carbocycles. The number of primary amides is 1. The number of rotatable bonds is 5. The van der Waals surface area contributed by atoms with Crippen molar-refractivity contribution in [2.45, 2.75) is 6.54 Å². The molecule has 18 heavy (non-hydrogen) atoms. The van der Waals surface area contributed by atoms with Crippen molar-refractivity contribution >= 4 is 6.09 Å². The van der Waals surface area contributed by atoms with Gasteiger partial charge in [0.1, 0.15) is 18.2 Å². The van der Waals surface area contributed by atoms with Crippen LogP contribution in [-0.4, -0.2) is 19.2 Å². The Balaban J connectivity index is 2.53. The number of nitrogens with one attached hydrogen (secondary N) is 1. The number of nitriles is 1. The highest BCUT2D eigenvalue weighted by Gasteiger charge is 2.10. The summed E-state index contributed by atoms with van der Waals surface area (Å²) in [6.45, 7) is 0.141. The van der Waals surface area contributed by atoms with Gasteiger partial charge in [0.05, 0.1) is 11.6 Å². The van der Waals surface area contributed by atoms with Gasteiger partial charge in [0.15, 0.2) is 0 Å². The van der Waals surface area contributed by atoms with Crippen LogP contribution in [0.2, 0.25) is 0 Å². The zero-order valence-corrected chi connectivity index (χ0v) is 9.37. The minimum Gasteiger partial charge on any atom is -0.448 e. The monoisotopic (exact) mass is 255 g/mol.